The third-order valence-electron chi connectivity index (χ3n) is 2.93. The molecule has 0 spiro atoms. The van der Waals surface area contributed by atoms with Crippen LogP contribution in [-0.4, -0.2) is 18.5 Å². The number of carbonyl (C=O) groups is 1. The van der Waals surface area contributed by atoms with Crippen LogP contribution in [0.1, 0.15) is 38.5 Å². The molecule has 68 valence electrons. The van der Waals surface area contributed by atoms with Crippen LogP contribution in [0.25, 0.3) is 0 Å². The van der Waals surface area contributed by atoms with E-state index in [1.54, 1.807) is 0 Å². The van der Waals surface area contributed by atoms with Gasteiger partial charge in [-0.15, -0.1) is 0 Å². The molecule has 12 heavy (non-hydrogen) atoms. The van der Waals surface area contributed by atoms with Gasteiger partial charge < -0.3 is 9.53 Å². The van der Waals surface area contributed by atoms with Gasteiger partial charge >= 0.3 is 0 Å². The molecule has 2 nitrogen and oxygen atoms in total. The lowest BCUT2D eigenvalue weighted by molar-refractivity contribution is -0.139. The highest BCUT2D eigenvalue weighted by Gasteiger charge is 2.38. The van der Waals surface area contributed by atoms with Gasteiger partial charge in [0.2, 0.25) is 0 Å². The predicted octanol–water partition coefficient (Wildman–Crippen LogP) is 1.92. The Morgan fingerprint density at radius 2 is 2.25 bits per heavy atom. The molecule has 0 aromatic heterocycles. The fraction of sp³-hybridized carbons (Fsp3) is 0.900. The molecule has 0 aromatic rings. The summed E-state index contributed by atoms with van der Waals surface area (Å²) in [4.78, 5) is 10.9. The van der Waals surface area contributed by atoms with Crippen LogP contribution < -0.4 is 0 Å². The Hall–Kier alpha value is -0.370. The first kappa shape index (κ1) is 8.24. The topological polar surface area (TPSA) is 26.3 Å². The quantitative estimate of drug-likeness (QED) is 0.602. The van der Waals surface area contributed by atoms with E-state index < -0.39 is 0 Å². The Balaban J connectivity index is 1.94. The molecule has 2 fully saturated rings. The maximum absolute atomic E-state index is 10.9. The maximum Gasteiger partial charge on any atom is 0.151 e. The minimum atomic E-state index is -0.376. The zero-order valence-corrected chi connectivity index (χ0v) is 7.42. The third kappa shape index (κ3) is 1.69. The molecule has 1 unspecified atom stereocenters. The molecule has 2 aliphatic rings. The van der Waals surface area contributed by atoms with Gasteiger partial charge in [-0.05, 0) is 31.6 Å². The van der Waals surface area contributed by atoms with Gasteiger partial charge in [0.25, 0.3) is 0 Å². The van der Waals surface area contributed by atoms with Crippen LogP contribution in [0.4, 0.5) is 0 Å². The first-order valence-corrected chi connectivity index (χ1v) is 4.95. The summed E-state index contributed by atoms with van der Waals surface area (Å²) in [7, 11) is 0. The summed E-state index contributed by atoms with van der Waals surface area (Å²) in [5, 5.41) is 0. The fourth-order valence-electron chi connectivity index (χ4n) is 1.99. The number of carbonyl (C=O) groups excluding carboxylic acids is 1. The average molecular weight is 168 g/mol. The predicted molar refractivity (Wildman–Crippen MR) is 45.9 cm³/mol. The molecule has 0 N–H and O–H groups in total. The Morgan fingerprint density at radius 3 is 2.75 bits per heavy atom. The van der Waals surface area contributed by atoms with Crippen molar-refractivity contribution in [2.24, 2.45) is 5.92 Å². The molecule has 1 atom stereocenters. The van der Waals surface area contributed by atoms with Crippen molar-refractivity contribution >= 4 is 6.29 Å². The highest BCUT2D eigenvalue weighted by Crippen LogP contribution is 2.40. The Bertz CT molecular complexity index is 167. The van der Waals surface area contributed by atoms with Crippen molar-refractivity contribution in [3.8, 4) is 0 Å². The average Bonchev–Trinajstić information content (AvgIpc) is 2.90. The van der Waals surface area contributed by atoms with Crippen LogP contribution in [0.15, 0.2) is 0 Å². The lowest BCUT2D eigenvalue weighted by Gasteiger charge is -2.32. The van der Waals surface area contributed by atoms with E-state index >= 15 is 0 Å². The maximum atomic E-state index is 10.9. The summed E-state index contributed by atoms with van der Waals surface area (Å²) in [6.45, 7) is 0.783. The number of rotatable bonds is 3. The summed E-state index contributed by atoms with van der Waals surface area (Å²) >= 11 is 0. The first-order valence-electron chi connectivity index (χ1n) is 4.95. The molecule has 0 aromatic carbocycles. The molecule has 2 rings (SSSR count). The molecule has 1 heterocycles. The van der Waals surface area contributed by atoms with Gasteiger partial charge in [-0.3, -0.25) is 0 Å². The summed E-state index contributed by atoms with van der Waals surface area (Å²) in [5.74, 6) is 0.785. The molecule has 0 bridgehead atoms. The van der Waals surface area contributed by atoms with Crippen LogP contribution in [0.3, 0.4) is 0 Å². The molecular weight excluding hydrogens is 152 g/mol. The van der Waals surface area contributed by atoms with E-state index in [0.29, 0.717) is 0 Å². The van der Waals surface area contributed by atoms with E-state index in [-0.39, 0.29) is 5.60 Å². The van der Waals surface area contributed by atoms with Gasteiger partial charge in [0.15, 0.2) is 6.29 Å². The van der Waals surface area contributed by atoms with Crippen LogP contribution in [0, 0.1) is 5.92 Å². The van der Waals surface area contributed by atoms with E-state index in [2.05, 4.69) is 0 Å². The molecule has 1 aliphatic heterocycles. The molecule has 1 saturated carbocycles. The van der Waals surface area contributed by atoms with Crippen LogP contribution in [0.5, 0.6) is 0 Å². The highest BCUT2D eigenvalue weighted by molar-refractivity contribution is 5.62. The Morgan fingerprint density at radius 1 is 1.42 bits per heavy atom. The summed E-state index contributed by atoms with van der Waals surface area (Å²) < 4.78 is 5.60. The van der Waals surface area contributed by atoms with Crippen LogP contribution in [0.2, 0.25) is 0 Å². The Kier molecular flexibility index (Phi) is 2.18. The standard InChI is InChI=1S/C10H16O2/c11-8-10(7-9-3-4-9)5-1-2-6-12-10/h8-9H,1-7H2. The molecule has 0 amide bonds. The number of hydrogen-bond donors (Lipinski definition) is 0. The zero-order valence-electron chi connectivity index (χ0n) is 7.42. The van der Waals surface area contributed by atoms with Crippen LogP contribution in [-0.2, 0) is 9.53 Å². The third-order valence-corrected chi connectivity index (χ3v) is 2.93. The Labute approximate surface area is 73.3 Å². The van der Waals surface area contributed by atoms with Gasteiger partial charge in [0, 0.05) is 6.61 Å². The zero-order chi connectivity index (χ0) is 8.44. The highest BCUT2D eigenvalue weighted by atomic mass is 16.5. The van der Waals surface area contributed by atoms with E-state index in [0.717, 1.165) is 44.5 Å². The van der Waals surface area contributed by atoms with E-state index in [4.69, 9.17) is 4.74 Å². The normalized spacial score (nSPS) is 36.3. The van der Waals surface area contributed by atoms with Crippen molar-refractivity contribution in [3.63, 3.8) is 0 Å². The smallest absolute Gasteiger partial charge is 0.151 e. The van der Waals surface area contributed by atoms with Crippen molar-refractivity contribution in [2.75, 3.05) is 6.61 Å². The molecule has 0 radical (unpaired) electrons. The minimum absolute atomic E-state index is 0.376. The van der Waals surface area contributed by atoms with Crippen molar-refractivity contribution < 1.29 is 9.53 Å². The number of hydrogen-bond acceptors (Lipinski definition) is 2. The van der Waals surface area contributed by atoms with Gasteiger partial charge in [-0.1, -0.05) is 12.8 Å². The summed E-state index contributed by atoms with van der Waals surface area (Å²) in [5.41, 5.74) is -0.376. The lowest BCUT2D eigenvalue weighted by Crippen LogP contribution is -2.38. The number of aldehydes is 1. The van der Waals surface area contributed by atoms with Crippen molar-refractivity contribution in [1.29, 1.82) is 0 Å². The molecular formula is C10H16O2. The van der Waals surface area contributed by atoms with E-state index in [9.17, 15) is 4.79 Å². The largest absolute Gasteiger partial charge is 0.368 e. The number of ether oxygens (including phenoxy) is 1. The lowest BCUT2D eigenvalue weighted by atomic mass is 9.90. The summed E-state index contributed by atoms with van der Waals surface area (Å²) in [6, 6.07) is 0. The van der Waals surface area contributed by atoms with Gasteiger partial charge in [0.05, 0.1) is 0 Å². The van der Waals surface area contributed by atoms with Gasteiger partial charge in [-0.2, -0.15) is 0 Å². The molecule has 2 heteroatoms. The second-order valence-corrected chi connectivity index (χ2v) is 4.14. The molecule has 1 saturated heterocycles. The SMILES string of the molecule is O=CC1(CC2CC2)CCCCO1. The van der Waals surface area contributed by atoms with Crippen molar-refractivity contribution in [2.45, 2.75) is 44.1 Å². The van der Waals surface area contributed by atoms with Gasteiger partial charge in [-0.25, -0.2) is 0 Å². The van der Waals surface area contributed by atoms with Crippen molar-refractivity contribution in [1.82, 2.24) is 0 Å². The molecule has 1 aliphatic carbocycles. The van der Waals surface area contributed by atoms with Gasteiger partial charge in [0.1, 0.15) is 5.60 Å². The van der Waals surface area contributed by atoms with Crippen molar-refractivity contribution in [3.05, 3.63) is 0 Å². The summed E-state index contributed by atoms with van der Waals surface area (Å²) in [6.07, 6.45) is 7.87. The second kappa shape index (κ2) is 3.17. The first-order chi connectivity index (χ1) is 5.85. The second-order valence-electron chi connectivity index (χ2n) is 4.14. The fourth-order valence-corrected chi connectivity index (χ4v) is 1.99. The minimum Gasteiger partial charge on any atom is -0.368 e. The van der Waals surface area contributed by atoms with E-state index in [1.165, 1.54) is 12.8 Å². The monoisotopic (exact) mass is 168 g/mol. The van der Waals surface area contributed by atoms with Crippen LogP contribution >= 0.6 is 0 Å². The van der Waals surface area contributed by atoms with E-state index in [1.807, 2.05) is 0 Å².